The van der Waals surface area contributed by atoms with Crippen LogP contribution in [0.2, 0.25) is 0 Å². The summed E-state index contributed by atoms with van der Waals surface area (Å²) in [5.41, 5.74) is 3.33. The number of amides is 2. The van der Waals surface area contributed by atoms with Gasteiger partial charge in [0.05, 0.1) is 19.9 Å². The number of benzene rings is 2. The van der Waals surface area contributed by atoms with Crippen molar-refractivity contribution in [3.63, 3.8) is 0 Å². The van der Waals surface area contributed by atoms with Crippen LogP contribution in [-0.4, -0.2) is 37.7 Å². The molecule has 0 aliphatic carbocycles. The molecule has 3 aromatic rings. The summed E-state index contributed by atoms with van der Waals surface area (Å²) in [7, 11) is 1.51. The third-order valence-electron chi connectivity index (χ3n) is 3.94. The summed E-state index contributed by atoms with van der Waals surface area (Å²) in [6.45, 7) is -0.244. The molecule has 0 bridgehead atoms. The molecule has 0 atom stereocenters. The molecule has 0 spiro atoms. The minimum Gasteiger partial charge on any atom is -0.497 e. The predicted molar refractivity (Wildman–Crippen MR) is 117 cm³/mol. The monoisotopic (exact) mass is 437 g/mol. The second-order valence-corrected chi connectivity index (χ2v) is 7.09. The van der Waals surface area contributed by atoms with Crippen molar-refractivity contribution in [1.82, 2.24) is 10.7 Å². The van der Waals surface area contributed by atoms with Gasteiger partial charge in [0.1, 0.15) is 16.4 Å². The van der Waals surface area contributed by atoms with E-state index in [2.05, 4.69) is 15.8 Å². The molecular formula is C22H19N3O5S. The highest BCUT2D eigenvalue weighted by atomic mass is 32.1. The number of rotatable bonds is 8. The second kappa shape index (κ2) is 10.7. The molecule has 0 fully saturated rings. The Hall–Kier alpha value is -3.98. The van der Waals surface area contributed by atoms with Crippen LogP contribution in [-0.2, 0) is 4.79 Å². The minimum atomic E-state index is -0.493. The van der Waals surface area contributed by atoms with Crippen LogP contribution in [0, 0.1) is 0 Å². The Kier molecular flexibility index (Phi) is 7.50. The number of hydrogen-bond acceptors (Lipinski definition) is 7. The number of nitrogens with zero attached hydrogens (tertiary/aromatic N) is 1. The van der Waals surface area contributed by atoms with E-state index >= 15 is 0 Å². The van der Waals surface area contributed by atoms with E-state index in [0.29, 0.717) is 27.5 Å². The number of methoxy groups -OCH3 is 1. The highest BCUT2D eigenvalue weighted by Gasteiger charge is 2.10. The van der Waals surface area contributed by atoms with Crippen molar-refractivity contribution < 1.29 is 23.9 Å². The quantitative estimate of drug-likeness (QED) is 0.244. The molecule has 0 saturated heterocycles. The Morgan fingerprint density at radius 2 is 1.84 bits per heavy atom. The predicted octanol–water partition coefficient (Wildman–Crippen LogP) is 2.86. The van der Waals surface area contributed by atoms with E-state index in [0.717, 1.165) is 0 Å². The second-order valence-electron chi connectivity index (χ2n) is 6.15. The van der Waals surface area contributed by atoms with Gasteiger partial charge in [-0.3, -0.25) is 9.59 Å². The molecule has 2 amide bonds. The molecule has 1 aromatic heterocycles. The summed E-state index contributed by atoms with van der Waals surface area (Å²) < 4.78 is 10.4. The van der Waals surface area contributed by atoms with Gasteiger partial charge in [0, 0.05) is 5.56 Å². The molecule has 2 aromatic carbocycles. The lowest BCUT2D eigenvalue weighted by atomic mass is 10.2. The molecule has 0 aliphatic heterocycles. The number of thiophene rings is 1. The zero-order valence-corrected chi connectivity index (χ0v) is 17.3. The van der Waals surface area contributed by atoms with Gasteiger partial charge in [-0.25, -0.2) is 10.2 Å². The average Bonchev–Trinajstić information content (AvgIpc) is 3.33. The van der Waals surface area contributed by atoms with Gasteiger partial charge in [0.25, 0.3) is 11.8 Å². The molecule has 0 unspecified atom stereocenters. The van der Waals surface area contributed by atoms with Gasteiger partial charge >= 0.3 is 5.97 Å². The summed E-state index contributed by atoms with van der Waals surface area (Å²) in [5, 5.41) is 8.15. The fraction of sp³-hybridized carbons (Fsp3) is 0.0909. The Morgan fingerprint density at radius 1 is 1.03 bits per heavy atom. The lowest BCUT2D eigenvalue weighted by Gasteiger charge is -2.06. The van der Waals surface area contributed by atoms with Gasteiger partial charge in [-0.2, -0.15) is 5.10 Å². The fourth-order valence-corrected chi connectivity index (χ4v) is 3.05. The zero-order chi connectivity index (χ0) is 22.1. The van der Waals surface area contributed by atoms with Crippen LogP contribution in [0.1, 0.15) is 25.6 Å². The topological polar surface area (TPSA) is 106 Å². The maximum absolute atomic E-state index is 12.1. The van der Waals surface area contributed by atoms with Crippen molar-refractivity contribution in [2.24, 2.45) is 5.10 Å². The Balaban J connectivity index is 1.48. The SMILES string of the molecule is COc1cccc(C(=O)NCC(=O)N/N=C\c2cccc(OC(=O)c3cccs3)c2)c1. The van der Waals surface area contributed by atoms with E-state index in [-0.39, 0.29) is 6.54 Å². The number of esters is 1. The van der Waals surface area contributed by atoms with Gasteiger partial charge in [0.15, 0.2) is 0 Å². The first kappa shape index (κ1) is 21.7. The average molecular weight is 437 g/mol. The molecule has 8 nitrogen and oxygen atoms in total. The van der Waals surface area contributed by atoms with E-state index in [1.165, 1.54) is 24.7 Å². The van der Waals surface area contributed by atoms with E-state index in [9.17, 15) is 14.4 Å². The van der Waals surface area contributed by atoms with Gasteiger partial charge in [0.2, 0.25) is 0 Å². The summed E-state index contributed by atoms with van der Waals surface area (Å²) in [5.74, 6) is -0.431. The van der Waals surface area contributed by atoms with Gasteiger partial charge in [-0.15, -0.1) is 11.3 Å². The number of nitrogens with one attached hydrogen (secondary N) is 2. The van der Waals surface area contributed by atoms with Crippen molar-refractivity contribution >= 4 is 35.3 Å². The van der Waals surface area contributed by atoms with Crippen molar-refractivity contribution in [3.8, 4) is 11.5 Å². The first-order chi connectivity index (χ1) is 15.0. The van der Waals surface area contributed by atoms with Crippen LogP contribution in [0.25, 0.3) is 0 Å². The maximum atomic E-state index is 12.1. The smallest absolute Gasteiger partial charge is 0.353 e. The van der Waals surface area contributed by atoms with Crippen LogP contribution in [0.3, 0.4) is 0 Å². The molecule has 158 valence electrons. The molecule has 9 heteroatoms. The van der Waals surface area contributed by atoms with Crippen molar-refractivity contribution in [2.45, 2.75) is 0 Å². The van der Waals surface area contributed by atoms with Crippen LogP contribution in [0.5, 0.6) is 11.5 Å². The Morgan fingerprint density at radius 3 is 2.61 bits per heavy atom. The number of hydrogen-bond donors (Lipinski definition) is 2. The number of carbonyl (C=O) groups excluding carboxylic acids is 3. The summed E-state index contributed by atoms with van der Waals surface area (Å²) in [4.78, 5) is 36.5. The first-order valence-corrected chi connectivity index (χ1v) is 10.0. The Labute approximate surface area is 182 Å². The Bertz CT molecular complexity index is 1100. The lowest BCUT2D eigenvalue weighted by molar-refractivity contribution is -0.120. The van der Waals surface area contributed by atoms with Crippen LogP contribution < -0.4 is 20.2 Å². The van der Waals surface area contributed by atoms with Gasteiger partial charge in [-0.1, -0.05) is 24.3 Å². The highest BCUT2D eigenvalue weighted by Crippen LogP contribution is 2.16. The molecular weight excluding hydrogens is 418 g/mol. The molecule has 0 aliphatic rings. The number of ether oxygens (including phenoxy) is 2. The van der Waals surface area contributed by atoms with Crippen molar-refractivity contribution in [2.75, 3.05) is 13.7 Å². The van der Waals surface area contributed by atoms with E-state index < -0.39 is 17.8 Å². The molecule has 0 saturated carbocycles. The van der Waals surface area contributed by atoms with E-state index in [4.69, 9.17) is 9.47 Å². The summed E-state index contributed by atoms with van der Waals surface area (Å²) in [6.07, 6.45) is 1.41. The zero-order valence-electron chi connectivity index (χ0n) is 16.5. The standard InChI is InChI=1S/C22H19N3O5S/c1-29-17-7-3-6-16(12-17)21(27)23-14-20(26)25-24-13-15-5-2-8-18(11-15)30-22(28)19-9-4-10-31-19/h2-13H,14H2,1H3,(H,23,27)(H,25,26)/b24-13-. The third-order valence-corrected chi connectivity index (χ3v) is 4.79. The summed E-state index contributed by atoms with van der Waals surface area (Å²) >= 11 is 1.29. The van der Waals surface area contributed by atoms with Crippen LogP contribution >= 0.6 is 11.3 Å². The van der Waals surface area contributed by atoms with E-state index in [1.54, 1.807) is 66.0 Å². The highest BCUT2D eigenvalue weighted by molar-refractivity contribution is 7.12. The molecule has 1 heterocycles. The number of carbonyl (C=O) groups is 3. The van der Waals surface area contributed by atoms with Crippen molar-refractivity contribution in [1.29, 1.82) is 0 Å². The number of hydrazone groups is 1. The minimum absolute atomic E-state index is 0.244. The maximum Gasteiger partial charge on any atom is 0.353 e. The third kappa shape index (κ3) is 6.51. The lowest BCUT2D eigenvalue weighted by Crippen LogP contribution is -2.34. The molecule has 3 rings (SSSR count). The molecule has 2 N–H and O–H groups in total. The summed E-state index contributed by atoms with van der Waals surface area (Å²) in [6, 6.07) is 16.8. The van der Waals surface area contributed by atoms with Gasteiger partial charge < -0.3 is 14.8 Å². The van der Waals surface area contributed by atoms with Gasteiger partial charge in [-0.05, 0) is 47.3 Å². The van der Waals surface area contributed by atoms with Crippen molar-refractivity contribution in [3.05, 3.63) is 82.0 Å². The molecule has 31 heavy (non-hydrogen) atoms. The van der Waals surface area contributed by atoms with Crippen LogP contribution in [0.15, 0.2) is 71.1 Å². The largest absolute Gasteiger partial charge is 0.497 e. The first-order valence-electron chi connectivity index (χ1n) is 9.15. The normalized spacial score (nSPS) is 10.5. The van der Waals surface area contributed by atoms with E-state index in [1.807, 2.05) is 0 Å². The van der Waals surface area contributed by atoms with Crippen LogP contribution in [0.4, 0.5) is 0 Å². The fourth-order valence-electron chi connectivity index (χ4n) is 2.46. The molecule has 0 radical (unpaired) electrons.